The molecule has 6 heteroatoms. The summed E-state index contributed by atoms with van der Waals surface area (Å²) in [5.41, 5.74) is 8.02. The van der Waals surface area contributed by atoms with E-state index in [-0.39, 0.29) is 16.7 Å². The summed E-state index contributed by atoms with van der Waals surface area (Å²) in [7, 11) is 0. The van der Waals surface area contributed by atoms with Crippen molar-refractivity contribution in [1.29, 1.82) is 0 Å². The van der Waals surface area contributed by atoms with Crippen molar-refractivity contribution in [3.05, 3.63) is 72.7 Å². The first-order valence-corrected chi connectivity index (χ1v) is 7.97. The second-order valence-corrected chi connectivity index (χ2v) is 6.66. The molecule has 0 radical (unpaired) electrons. The van der Waals surface area contributed by atoms with E-state index in [4.69, 9.17) is 5.73 Å². The zero-order valence-corrected chi connectivity index (χ0v) is 14.3. The largest absolute Gasteiger partial charge is 0.327 e. The van der Waals surface area contributed by atoms with Crippen LogP contribution in [0.2, 0.25) is 0 Å². The van der Waals surface area contributed by atoms with Crippen molar-refractivity contribution in [3.8, 4) is 0 Å². The maximum Gasteiger partial charge on any atom is 0.273 e. The van der Waals surface area contributed by atoms with E-state index in [1.807, 2.05) is 24.3 Å². The number of halogens is 2. The third-order valence-electron chi connectivity index (χ3n) is 3.14. The van der Waals surface area contributed by atoms with Crippen LogP contribution < -0.4 is 5.73 Å². The molecule has 0 fully saturated rings. The lowest BCUT2D eigenvalue weighted by Crippen LogP contribution is -2.25. The highest BCUT2D eigenvalue weighted by Crippen LogP contribution is 2.25. The fourth-order valence-electron chi connectivity index (χ4n) is 2.16. The third-order valence-corrected chi connectivity index (χ3v) is 4.16. The molecule has 0 aliphatic rings. The van der Waals surface area contributed by atoms with Gasteiger partial charge >= 0.3 is 0 Å². The molecular formula is C15H14Br2N2O2. The lowest BCUT2D eigenvalue weighted by molar-refractivity contribution is -0.385. The van der Waals surface area contributed by atoms with Gasteiger partial charge in [-0.25, -0.2) is 0 Å². The molecule has 0 heterocycles. The molecule has 0 aromatic heterocycles. The Morgan fingerprint density at radius 2 is 1.67 bits per heavy atom. The molecule has 0 saturated heterocycles. The van der Waals surface area contributed by atoms with Gasteiger partial charge in [-0.3, -0.25) is 10.1 Å². The summed E-state index contributed by atoms with van der Waals surface area (Å²) in [6, 6.07) is 12.8. The van der Waals surface area contributed by atoms with Gasteiger partial charge in [0.1, 0.15) is 0 Å². The summed E-state index contributed by atoms with van der Waals surface area (Å²) >= 11 is 6.64. The van der Waals surface area contributed by atoms with Crippen molar-refractivity contribution in [3.63, 3.8) is 0 Å². The first-order valence-electron chi connectivity index (χ1n) is 6.38. The maximum atomic E-state index is 11.1. The Labute approximate surface area is 139 Å². The molecule has 2 aromatic carbocycles. The van der Waals surface area contributed by atoms with E-state index in [0.717, 1.165) is 10.0 Å². The normalized spacial score (nSPS) is 12.1. The Morgan fingerprint density at radius 1 is 1.05 bits per heavy atom. The molecule has 2 rings (SSSR count). The van der Waals surface area contributed by atoms with Gasteiger partial charge in [0.15, 0.2) is 0 Å². The standard InChI is InChI=1S/C15H14Br2N2O2/c16-12-4-1-10(2-5-12)7-14(18)8-11-3-6-13(17)9-15(11)19(20)21/h1-6,9,14H,7-8,18H2. The van der Waals surface area contributed by atoms with Crippen molar-refractivity contribution < 1.29 is 4.92 Å². The van der Waals surface area contributed by atoms with Crippen LogP contribution >= 0.6 is 31.9 Å². The quantitative estimate of drug-likeness (QED) is 0.588. The van der Waals surface area contributed by atoms with Crippen LogP contribution in [0.25, 0.3) is 0 Å². The number of hydrogen-bond acceptors (Lipinski definition) is 3. The molecule has 110 valence electrons. The second kappa shape index (κ2) is 7.15. The lowest BCUT2D eigenvalue weighted by Gasteiger charge is -2.12. The van der Waals surface area contributed by atoms with Gasteiger partial charge in [-0.15, -0.1) is 0 Å². The average molecular weight is 414 g/mol. The highest BCUT2D eigenvalue weighted by Gasteiger charge is 2.16. The van der Waals surface area contributed by atoms with Crippen LogP contribution in [-0.2, 0) is 12.8 Å². The van der Waals surface area contributed by atoms with Crippen molar-refractivity contribution in [2.24, 2.45) is 5.73 Å². The Kier molecular flexibility index (Phi) is 5.50. The molecule has 0 bridgehead atoms. The summed E-state index contributed by atoms with van der Waals surface area (Å²) in [5.74, 6) is 0. The van der Waals surface area contributed by atoms with Gasteiger partial charge in [-0.05, 0) is 36.6 Å². The van der Waals surface area contributed by atoms with Crippen LogP contribution in [0.5, 0.6) is 0 Å². The monoisotopic (exact) mass is 412 g/mol. The van der Waals surface area contributed by atoms with E-state index in [9.17, 15) is 10.1 Å². The highest BCUT2D eigenvalue weighted by atomic mass is 79.9. The zero-order chi connectivity index (χ0) is 15.4. The van der Waals surface area contributed by atoms with E-state index in [1.54, 1.807) is 12.1 Å². The van der Waals surface area contributed by atoms with Crippen molar-refractivity contribution in [2.75, 3.05) is 0 Å². The first kappa shape index (κ1) is 16.1. The smallest absolute Gasteiger partial charge is 0.273 e. The van der Waals surface area contributed by atoms with Crippen molar-refractivity contribution in [1.82, 2.24) is 0 Å². The number of nitro benzene ring substituents is 1. The van der Waals surface area contributed by atoms with E-state index >= 15 is 0 Å². The molecule has 0 saturated carbocycles. The predicted octanol–water partition coefficient (Wildman–Crippen LogP) is 4.23. The SMILES string of the molecule is NC(Cc1ccc(Br)cc1)Cc1ccc(Br)cc1[N+](=O)[O-]. The first-order chi connectivity index (χ1) is 9.95. The van der Waals surface area contributed by atoms with Crippen LogP contribution in [-0.4, -0.2) is 11.0 Å². The molecule has 1 unspecified atom stereocenters. The molecule has 2 aromatic rings. The molecule has 21 heavy (non-hydrogen) atoms. The fraction of sp³-hybridized carbons (Fsp3) is 0.200. The van der Waals surface area contributed by atoms with Crippen LogP contribution in [0.3, 0.4) is 0 Å². The van der Waals surface area contributed by atoms with E-state index in [2.05, 4.69) is 31.9 Å². The molecular weight excluding hydrogens is 400 g/mol. The third kappa shape index (κ3) is 4.62. The molecule has 0 spiro atoms. The lowest BCUT2D eigenvalue weighted by atomic mass is 9.99. The van der Waals surface area contributed by atoms with E-state index < -0.39 is 0 Å². The van der Waals surface area contributed by atoms with Gasteiger partial charge in [0.25, 0.3) is 5.69 Å². The minimum absolute atomic E-state index is 0.107. The number of rotatable bonds is 5. The fourth-order valence-corrected chi connectivity index (χ4v) is 2.77. The van der Waals surface area contributed by atoms with Gasteiger partial charge in [0, 0.05) is 26.6 Å². The number of nitro groups is 1. The molecule has 1 atom stereocenters. The Bertz CT molecular complexity index is 645. The topological polar surface area (TPSA) is 69.2 Å². The average Bonchev–Trinajstić information content (AvgIpc) is 2.43. The van der Waals surface area contributed by atoms with E-state index in [1.165, 1.54) is 6.07 Å². The Morgan fingerprint density at radius 3 is 2.29 bits per heavy atom. The minimum atomic E-state index is -0.369. The van der Waals surface area contributed by atoms with Gasteiger partial charge in [-0.2, -0.15) is 0 Å². The zero-order valence-electron chi connectivity index (χ0n) is 11.1. The number of hydrogen-bond donors (Lipinski definition) is 1. The van der Waals surface area contributed by atoms with Crippen molar-refractivity contribution >= 4 is 37.5 Å². The predicted molar refractivity (Wildman–Crippen MR) is 90.3 cm³/mol. The molecule has 2 N–H and O–H groups in total. The highest BCUT2D eigenvalue weighted by molar-refractivity contribution is 9.10. The van der Waals surface area contributed by atoms with Crippen LogP contribution in [0, 0.1) is 10.1 Å². The summed E-state index contributed by atoms with van der Waals surface area (Å²) < 4.78 is 1.71. The molecule has 0 aliphatic heterocycles. The summed E-state index contributed by atoms with van der Waals surface area (Å²) in [6.07, 6.45) is 1.15. The van der Waals surface area contributed by atoms with Crippen LogP contribution in [0.1, 0.15) is 11.1 Å². The van der Waals surface area contributed by atoms with E-state index in [0.29, 0.717) is 22.9 Å². The van der Waals surface area contributed by atoms with Crippen LogP contribution in [0.15, 0.2) is 51.4 Å². The Balaban J connectivity index is 2.10. The minimum Gasteiger partial charge on any atom is -0.327 e. The van der Waals surface area contributed by atoms with Gasteiger partial charge < -0.3 is 5.73 Å². The Hall–Kier alpha value is -1.24. The van der Waals surface area contributed by atoms with Gasteiger partial charge in [-0.1, -0.05) is 50.1 Å². The molecule has 0 amide bonds. The van der Waals surface area contributed by atoms with Crippen molar-refractivity contribution in [2.45, 2.75) is 18.9 Å². The maximum absolute atomic E-state index is 11.1. The number of nitrogens with two attached hydrogens (primary N) is 1. The van der Waals surface area contributed by atoms with Gasteiger partial charge in [0.05, 0.1) is 4.92 Å². The summed E-state index contributed by atoms with van der Waals surface area (Å²) in [6.45, 7) is 0. The molecule has 0 aliphatic carbocycles. The molecule has 4 nitrogen and oxygen atoms in total. The van der Waals surface area contributed by atoms with Gasteiger partial charge in [0.2, 0.25) is 0 Å². The summed E-state index contributed by atoms with van der Waals surface area (Å²) in [4.78, 5) is 10.7. The van der Waals surface area contributed by atoms with Crippen LogP contribution in [0.4, 0.5) is 5.69 Å². The number of benzene rings is 2. The summed E-state index contributed by atoms with van der Waals surface area (Å²) in [5, 5.41) is 11.1. The number of nitrogens with zero attached hydrogens (tertiary/aromatic N) is 1. The second-order valence-electron chi connectivity index (χ2n) is 4.82.